The lowest BCUT2D eigenvalue weighted by atomic mass is 10.3. The summed E-state index contributed by atoms with van der Waals surface area (Å²) in [4.78, 5) is 25.8. The molecule has 1 aliphatic rings. The zero-order valence-corrected chi connectivity index (χ0v) is 8.94. The van der Waals surface area contributed by atoms with Gasteiger partial charge in [-0.2, -0.15) is 5.10 Å². The van der Waals surface area contributed by atoms with E-state index >= 15 is 0 Å². The number of hydrogen-bond acceptors (Lipinski definition) is 4. The predicted molar refractivity (Wildman–Crippen MR) is 55.4 cm³/mol. The largest absolute Gasteiger partial charge is 0.316 e. The maximum absolute atomic E-state index is 10.8. The molecular weight excluding hydrogens is 210 g/mol. The van der Waals surface area contributed by atoms with E-state index in [1.165, 1.54) is 0 Å². The topological polar surface area (TPSA) is 88.4 Å². The fourth-order valence-electron chi connectivity index (χ4n) is 1.41. The standard InChI is InChI=1S/C9H11N5O2/c1-5-6(4-14(2)13-5)3-10-9-11-7(15)8(16)12-9/h4H,3H2,1-2H3,(H2,10,11,12,15,16). The minimum absolute atomic E-state index is 0.193. The number of amides is 2. The van der Waals surface area contributed by atoms with E-state index in [1.807, 2.05) is 20.2 Å². The van der Waals surface area contributed by atoms with Crippen molar-refractivity contribution in [1.82, 2.24) is 20.4 Å². The molecule has 0 spiro atoms. The highest BCUT2D eigenvalue weighted by Gasteiger charge is 2.24. The van der Waals surface area contributed by atoms with E-state index in [4.69, 9.17) is 0 Å². The van der Waals surface area contributed by atoms with Crippen molar-refractivity contribution in [2.45, 2.75) is 13.5 Å². The molecule has 16 heavy (non-hydrogen) atoms. The van der Waals surface area contributed by atoms with Crippen LogP contribution in [0, 0.1) is 6.92 Å². The Bertz CT molecular complexity index is 470. The summed E-state index contributed by atoms with van der Waals surface area (Å²) in [6, 6.07) is 0. The third-order valence-electron chi connectivity index (χ3n) is 2.19. The number of nitrogens with zero attached hydrogens (tertiary/aromatic N) is 3. The minimum Gasteiger partial charge on any atom is -0.288 e. The zero-order chi connectivity index (χ0) is 11.7. The number of aryl methyl sites for hydroxylation is 2. The lowest BCUT2D eigenvalue weighted by molar-refractivity contribution is -0.135. The van der Waals surface area contributed by atoms with Crippen LogP contribution in [0.25, 0.3) is 0 Å². The molecule has 1 fully saturated rings. The van der Waals surface area contributed by atoms with Crippen molar-refractivity contribution in [2.24, 2.45) is 12.0 Å². The Hall–Kier alpha value is -2.18. The summed E-state index contributed by atoms with van der Waals surface area (Å²) in [5.41, 5.74) is 1.83. The second kappa shape index (κ2) is 3.76. The Morgan fingerprint density at radius 1 is 1.38 bits per heavy atom. The Morgan fingerprint density at radius 3 is 2.50 bits per heavy atom. The van der Waals surface area contributed by atoms with E-state index in [2.05, 4.69) is 20.7 Å². The molecule has 0 radical (unpaired) electrons. The van der Waals surface area contributed by atoms with Crippen LogP contribution in [0.15, 0.2) is 11.2 Å². The summed E-state index contributed by atoms with van der Waals surface area (Å²) in [7, 11) is 1.82. The molecule has 2 N–H and O–H groups in total. The van der Waals surface area contributed by atoms with Crippen LogP contribution in [0.3, 0.4) is 0 Å². The third kappa shape index (κ3) is 1.92. The van der Waals surface area contributed by atoms with E-state index in [0.717, 1.165) is 11.3 Å². The number of hydrogen-bond donors (Lipinski definition) is 2. The van der Waals surface area contributed by atoms with Gasteiger partial charge in [-0.3, -0.25) is 24.9 Å². The first-order valence-corrected chi connectivity index (χ1v) is 4.72. The number of carbonyl (C=O) groups is 2. The van der Waals surface area contributed by atoms with E-state index in [9.17, 15) is 9.59 Å². The summed E-state index contributed by atoms with van der Waals surface area (Å²) < 4.78 is 1.69. The number of aliphatic imine (C=N–C) groups is 1. The zero-order valence-electron chi connectivity index (χ0n) is 8.94. The molecule has 2 rings (SSSR count). The average Bonchev–Trinajstić information content (AvgIpc) is 2.68. The van der Waals surface area contributed by atoms with Gasteiger partial charge < -0.3 is 0 Å². The molecule has 0 atom stereocenters. The molecule has 7 heteroatoms. The van der Waals surface area contributed by atoms with Crippen molar-refractivity contribution >= 4 is 17.8 Å². The summed E-state index contributed by atoms with van der Waals surface area (Å²) in [5.74, 6) is -1.17. The Morgan fingerprint density at radius 2 is 2.00 bits per heavy atom. The van der Waals surface area contributed by atoms with Gasteiger partial charge in [-0.25, -0.2) is 4.99 Å². The lowest BCUT2D eigenvalue weighted by Gasteiger charge is -1.95. The molecule has 0 bridgehead atoms. The van der Waals surface area contributed by atoms with E-state index < -0.39 is 11.8 Å². The van der Waals surface area contributed by atoms with Crippen LogP contribution < -0.4 is 10.6 Å². The van der Waals surface area contributed by atoms with Crippen molar-refractivity contribution in [1.29, 1.82) is 0 Å². The van der Waals surface area contributed by atoms with Gasteiger partial charge in [0.2, 0.25) is 5.96 Å². The first-order chi connectivity index (χ1) is 7.56. The van der Waals surface area contributed by atoms with Crippen LogP contribution in [-0.2, 0) is 23.2 Å². The molecule has 1 aromatic heterocycles. The lowest BCUT2D eigenvalue weighted by Crippen LogP contribution is -2.25. The quantitative estimate of drug-likeness (QED) is 0.617. The molecule has 1 aromatic rings. The van der Waals surface area contributed by atoms with E-state index in [-0.39, 0.29) is 5.96 Å². The average molecular weight is 221 g/mol. The molecule has 0 unspecified atom stereocenters. The normalized spacial score (nSPS) is 15.0. The number of guanidine groups is 1. The van der Waals surface area contributed by atoms with Crippen molar-refractivity contribution < 1.29 is 9.59 Å². The van der Waals surface area contributed by atoms with Gasteiger partial charge >= 0.3 is 11.8 Å². The van der Waals surface area contributed by atoms with Gasteiger partial charge in [0.25, 0.3) is 0 Å². The monoisotopic (exact) mass is 221 g/mol. The van der Waals surface area contributed by atoms with Crippen molar-refractivity contribution in [3.63, 3.8) is 0 Å². The van der Waals surface area contributed by atoms with Crippen LogP contribution in [0.5, 0.6) is 0 Å². The smallest absolute Gasteiger partial charge is 0.288 e. The van der Waals surface area contributed by atoms with Gasteiger partial charge in [-0.15, -0.1) is 0 Å². The molecule has 1 aliphatic heterocycles. The maximum atomic E-state index is 10.8. The Kier molecular flexibility index (Phi) is 2.43. The summed E-state index contributed by atoms with van der Waals surface area (Å²) in [5, 5.41) is 8.81. The summed E-state index contributed by atoms with van der Waals surface area (Å²) >= 11 is 0. The molecule has 0 aromatic carbocycles. The Labute approximate surface area is 91.5 Å². The van der Waals surface area contributed by atoms with Gasteiger partial charge in [0.05, 0.1) is 12.2 Å². The minimum atomic E-state index is -0.679. The third-order valence-corrected chi connectivity index (χ3v) is 2.19. The van der Waals surface area contributed by atoms with Crippen molar-refractivity contribution in [3.8, 4) is 0 Å². The number of aromatic nitrogens is 2. The predicted octanol–water partition coefficient (Wildman–Crippen LogP) is -1.17. The SMILES string of the molecule is Cc1nn(C)cc1CN=C1NC(=O)C(=O)N1. The fraction of sp³-hybridized carbons (Fsp3) is 0.333. The van der Waals surface area contributed by atoms with Gasteiger partial charge in [-0.05, 0) is 6.92 Å². The number of nitrogens with one attached hydrogen (secondary N) is 2. The van der Waals surface area contributed by atoms with Gasteiger partial charge in [0.15, 0.2) is 0 Å². The molecular formula is C9H11N5O2. The molecule has 0 aliphatic carbocycles. The van der Waals surface area contributed by atoms with Crippen molar-refractivity contribution in [3.05, 3.63) is 17.5 Å². The highest BCUT2D eigenvalue weighted by molar-refractivity contribution is 6.45. The Balaban J connectivity index is 2.07. The van der Waals surface area contributed by atoms with Crippen LogP contribution in [0.1, 0.15) is 11.3 Å². The van der Waals surface area contributed by atoms with Crippen molar-refractivity contribution in [2.75, 3.05) is 0 Å². The molecule has 2 amide bonds. The van der Waals surface area contributed by atoms with Gasteiger partial charge in [0, 0.05) is 18.8 Å². The fourth-order valence-corrected chi connectivity index (χ4v) is 1.41. The summed E-state index contributed by atoms with van der Waals surface area (Å²) in [6.45, 7) is 2.25. The molecule has 1 saturated heterocycles. The number of carbonyl (C=O) groups excluding carboxylic acids is 2. The first-order valence-electron chi connectivity index (χ1n) is 4.72. The molecule has 84 valence electrons. The highest BCUT2D eigenvalue weighted by atomic mass is 16.2. The molecule has 7 nitrogen and oxygen atoms in total. The van der Waals surface area contributed by atoms with E-state index in [1.54, 1.807) is 4.68 Å². The van der Waals surface area contributed by atoms with Crippen LogP contribution in [-0.4, -0.2) is 27.6 Å². The van der Waals surface area contributed by atoms with Gasteiger partial charge in [-0.1, -0.05) is 0 Å². The summed E-state index contributed by atoms with van der Waals surface area (Å²) in [6.07, 6.45) is 1.85. The first kappa shape index (κ1) is 10.3. The van der Waals surface area contributed by atoms with Crippen LogP contribution in [0.4, 0.5) is 0 Å². The second-order valence-electron chi connectivity index (χ2n) is 3.49. The van der Waals surface area contributed by atoms with Gasteiger partial charge in [0.1, 0.15) is 0 Å². The van der Waals surface area contributed by atoms with Crippen LogP contribution >= 0.6 is 0 Å². The molecule has 2 heterocycles. The van der Waals surface area contributed by atoms with Crippen LogP contribution in [0.2, 0.25) is 0 Å². The highest BCUT2D eigenvalue weighted by Crippen LogP contribution is 2.05. The number of rotatable bonds is 2. The molecule has 0 saturated carbocycles. The van der Waals surface area contributed by atoms with E-state index in [0.29, 0.717) is 6.54 Å². The maximum Gasteiger partial charge on any atom is 0.316 e. The second-order valence-corrected chi connectivity index (χ2v) is 3.49.